The van der Waals surface area contributed by atoms with Crippen molar-refractivity contribution in [3.05, 3.63) is 53.5 Å². The maximum Gasteiger partial charge on any atom is 0.132 e. The van der Waals surface area contributed by atoms with Crippen molar-refractivity contribution in [3.63, 3.8) is 0 Å². The van der Waals surface area contributed by atoms with Gasteiger partial charge in [-0.05, 0) is 60.9 Å². The van der Waals surface area contributed by atoms with E-state index in [0.717, 1.165) is 29.4 Å². The van der Waals surface area contributed by atoms with Gasteiger partial charge in [0.15, 0.2) is 0 Å². The van der Waals surface area contributed by atoms with E-state index in [-0.39, 0.29) is 5.82 Å². The molecule has 1 fully saturated rings. The lowest BCUT2D eigenvalue weighted by atomic mass is 9.77. The number of unbranched alkanes of at least 4 members (excludes halogenated alkanes) is 3. The van der Waals surface area contributed by atoms with Crippen LogP contribution in [0.25, 0.3) is 11.3 Å². The lowest BCUT2D eigenvalue weighted by Crippen LogP contribution is -2.15. The molecule has 0 atom stereocenters. The van der Waals surface area contributed by atoms with Crippen molar-refractivity contribution in [2.75, 3.05) is 0 Å². The SMILES string of the molecule is CCCCCCC1CCC(CCc2ccc(-c3ccc(C)cn3)c(F)c2)CC1. The van der Waals surface area contributed by atoms with Gasteiger partial charge in [0.1, 0.15) is 5.82 Å². The molecule has 0 aliphatic heterocycles. The molecule has 1 aliphatic carbocycles. The average molecular weight is 382 g/mol. The number of pyridine rings is 1. The second kappa shape index (κ2) is 10.7. The zero-order valence-electron chi connectivity index (χ0n) is 17.7. The molecular formula is C26H36FN. The summed E-state index contributed by atoms with van der Waals surface area (Å²) >= 11 is 0. The molecule has 1 aliphatic rings. The molecule has 1 aromatic heterocycles. The quantitative estimate of drug-likeness (QED) is 0.402. The lowest BCUT2D eigenvalue weighted by molar-refractivity contribution is 0.249. The maximum absolute atomic E-state index is 14.6. The van der Waals surface area contributed by atoms with Crippen LogP contribution in [0, 0.1) is 24.6 Å². The lowest BCUT2D eigenvalue weighted by Gasteiger charge is -2.28. The highest BCUT2D eigenvalue weighted by Gasteiger charge is 2.20. The number of halogens is 1. The van der Waals surface area contributed by atoms with E-state index in [4.69, 9.17) is 0 Å². The van der Waals surface area contributed by atoms with Crippen molar-refractivity contribution in [1.29, 1.82) is 0 Å². The molecule has 28 heavy (non-hydrogen) atoms. The van der Waals surface area contributed by atoms with E-state index in [0.29, 0.717) is 11.3 Å². The molecule has 0 amide bonds. The van der Waals surface area contributed by atoms with Gasteiger partial charge in [0, 0.05) is 11.8 Å². The number of rotatable bonds is 9. The fourth-order valence-electron chi connectivity index (χ4n) is 4.59. The molecule has 2 aromatic rings. The van der Waals surface area contributed by atoms with Crippen LogP contribution in [0.5, 0.6) is 0 Å². The predicted octanol–water partition coefficient (Wildman–Crippen LogP) is 7.91. The van der Waals surface area contributed by atoms with Crippen LogP contribution >= 0.6 is 0 Å². The third-order valence-electron chi connectivity index (χ3n) is 6.49. The van der Waals surface area contributed by atoms with Crippen LogP contribution in [0.2, 0.25) is 0 Å². The normalized spacial score (nSPS) is 19.7. The maximum atomic E-state index is 14.6. The Bertz CT molecular complexity index is 714. The van der Waals surface area contributed by atoms with Crippen molar-refractivity contribution >= 4 is 0 Å². The summed E-state index contributed by atoms with van der Waals surface area (Å²) in [6, 6.07) is 9.58. The largest absolute Gasteiger partial charge is 0.256 e. The summed E-state index contributed by atoms with van der Waals surface area (Å²) in [6.45, 7) is 4.28. The van der Waals surface area contributed by atoms with Crippen LogP contribution in [0.4, 0.5) is 4.39 Å². The number of aromatic nitrogens is 1. The first-order valence-corrected chi connectivity index (χ1v) is 11.4. The van der Waals surface area contributed by atoms with Crippen molar-refractivity contribution in [2.45, 2.75) is 84.5 Å². The minimum atomic E-state index is -0.148. The molecule has 1 heterocycles. The number of hydrogen-bond donors (Lipinski definition) is 0. The van der Waals surface area contributed by atoms with Crippen LogP contribution in [0.3, 0.4) is 0 Å². The monoisotopic (exact) mass is 381 g/mol. The van der Waals surface area contributed by atoms with Crippen LogP contribution < -0.4 is 0 Å². The first kappa shape index (κ1) is 21.0. The Morgan fingerprint density at radius 3 is 2.32 bits per heavy atom. The zero-order valence-corrected chi connectivity index (χ0v) is 17.7. The molecule has 0 radical (unpaired) electrons. The zero-order chi connectivity index (χ0) is 19.8. The molecule has 1 aromatic carbocycles. The van der Waals surface area contributed by atoms with Gasteiger partial charge in [-0.3, -0.25) is 4.98 Å². The fraction of sp³-hybridized carbons (Fsp3) is 0.577. The van der Waals surface area contributed by atoms with E-state index in [2.05, 4.69) is 18.0 Å². The summed E-state index contributed by atoms with van der Waals surface area (Å²) < 4.78 is 14.6. The molecule has 152 valence electrons. The Labute approximate surface area is 170 Å². The predicted molar refractivity (Wildman–Crippen MR) is 117 cm³/mol. The molecular weight excluding hydrogens is 345 g/mol. The van der Waals surface area contributed by atoms with E-state index in [9.17, 15) is 4.39 Å². The van der Waals surface area contributed by atoms with Gasteiger partial charge < -0.3 is 0 Å². The summed E-state index contributed by atoms with van der Waals surface area (Å²) in [6.07, 6.45) is 16.5. The highest BCUT2D eigenvalue weighted by molar-refractivity contribution is 5.60. The van der Waals surface area contributed by atoms with Gasteiger partial charge in [0.2, 0.25) is 0 Å². The van der Waals surface area contributed by atoms with Gasteiger partial charge in [-0.25, -0.2) is 4.39 Å². The molecule has 1 nitrogen and oxygen atoms in total. The Balaban J connectivity index is 1.44. The number of aryl methyl sites for hydroxylation is 2. The first-order valence-electron chi connectivity index (χ1n) is 11.4. The van der Waals surface area contributed by atoms with Gasteiger partial charge in [0.05, 0.1) is 5.69 Å². The van der Waals surface area contributed by atoms with Crippen molar-refractivity contribution < 1.29 is 4.39 Å². The highest BCUT2D eigenvalue weighted by atomic mass is 19.1. The van der Waals surface area contributed by atoms with Crippen LogP contribution in [0.1, 0.15) is 82.3 Å². The summed E-state index contributed by atoms with van der Waals surface area (Å²) in [5, 5.41) is 0. The molecule has 3 rings (SSSR count). The van der Waals surface area contributed by atoms with Gasteiger partial charge in [-0.15, -0.1) is 0 Å². The third-order valence-corrected chi connectivity index (χ3v) is 6.49. The fourth-order valence-corrected chi connectivity index (χ4v) is 4.59. The molecule has 0 unspecified atom stereocenters. The molecule has 2 heteroatoms. The van der Waals surface area contributed by atoms with Crippen LogP contribution in [-0.4, -0.2) is 4.98 Å². The van der Waals surface area contributed by atoms with Gasteiger partial charge in [-0.1, -0.05) is 76.8 Å². The topological polar surface area (TPSA) is 12.9 Å². The standard InChI is InChI=1S/C26H36FN/c1-3-4-5-6-7-21-9-11-22(12-10-21)13-14-23-15-16-24(25(27)18-23)26-17-8-20(2)19-28-26/h8,15-19,21-22H,3-7,9-14H2,1-2H3. The molecule has 1 saturated carbocycles. The number of nitrogens with zero attached hydrogens (tertiary/aromatic N) is 1. The van der Waals surface area contributed by atoms with Crippen LogP contribution in [-0.2, 0) is 6.42 Å². The molecule has 0 bridgehead atoms. The van der Waals surface area contributed by atoms with Gasteiger partial charge >= 0.3 is 0 Å². The van der Waals surface area contributed by atoms with Crippen molar-refractivity contribution in [1.82, 2.24) is 4.98 Å². The average Bonchev–Trinajstić information content (AvgIpc) is 2.71. The minimum absolute atomic E-state index is 0.148. The highest BCUT2D eigenvalue weighted by Crippen LogP contribution is 2.34. The van der Waals surface area contributed by atoms with Gasteiger partial charge in [-0.2, -0.15) is 0 Å². The molecule has 0 saturated heterocycles. The van der Waals surface area contributed by atoms with Crippen molar-refractivity contribution in [3.8, 4) is 11.3 Å². The Kier molecular flexibility index (Phi) is 8.06. The van der Waals surface area contributed by atoms with E-state index in [1.807, 2.05) is 25.1 Å². The van der Waals surface area contributed by atoms with Gasteiger partial charge in [0.25, 0.3) is 0 Å². The Morgan fingerprint density at radius 2 is 1.68 bits per heavy atom. The number of hydrogen-bond acceptors (Lipinski definition) is 1. The summed E-state index contributed by atoms with van der Waals surface area (Å²) in [7, 11) is 0. The van der Waals surface area contributed by atoms with Crippen LogP contribution in [0.15, 0.2) is 36.5 Å². The summed E-state index contributed by atoms with van der Waals surface area (Å²) in [5.41, 5.74) is 3.53. The second-order valence-electron chi connectivity index (χ2n) is 8.81. The molecule has 0 spiro atoms. The second-order valence-corrected chi connectivity index (χ2v) is 8.81. The summed E-state index contributed by atoms with van der Waals surface area (Å²) in [4.78, 5) is 4.36. The van der Waals surface area contributed by atoms with E-state index >= 15 is 0 Å². The van der Waals surface area contributed by atoms with E-state index in [1.165, 1.54) is 64.2 Å². The molecule has 0 N–H and O–H groups in total. The Hall–Kier alpha value is -1.70. The van der Waals surface area contributed by atoms with E-state index in [1.54, 1.807) is 12.3 Å². The summed E-state index contributed by atoms with van der Waals surface area (Å²) in [5.74, 6) is 1.64. The Morgan fingerprint density at radius 1 is 0.929 bits per heavy atom. The van der Waals surface area contributed by atoms with Crippen molar-refractivity contribution in [2.24, 2.45) is 11.8 Å². The number of benzene rings is 1. The smallest absolute Gasteiger partial charge is 0.132 e. The third kappa shape index (κ3) is 6.15. The first-order chi connectivity index (χ1) is 13.7. The minimum Gasteiger partial charge on any atom is -0.256 e. The van der Waals surface area contributed by atoms with E-state index < -0.39 is 0 Å².